The molecule has 3 rings (SSSR count). The summed E-state index contributed by atoms with van der Waals surface area (Å²) in [6.45, 7) is 5.86. The Labute approximate surface area is 152 Å². The summed E-state index contributed by atoms with van der Waals surface area (Å²) in [7, 11) is 2.20. The van der Waals surface area contributed by atoms with Gasteiger partial charge in [-0.3, -0.25) is 14.9 Å². The number of carbonyl (C=O) groups excluding carboxylic acids is 1. The van der Waals surface area contributed by atoms with E-state index in [0.29, 0.717) is 16.8 Å². The maximum Gasteiger partial charge on any atom is 0.273 e. The van der Waals surface area contributed by atoms with Crippen molar-refractivity contribution < 1.29 is 14.6 Å². The number of rotatable bonds is 4. The molecule has 0 aliphatic carbocycles. The predicted octanol–water partition coefficient (Wildman–Crippen LogP) is 1.49. The van der Waals surface area contributed by atoms with E-state index < -0.39 is 4.92 Å². The molecule has 2 aromatic rings. The standard InChI is InChI=1S/C19H22N4O3/c1-14-17(4-3-5-18(14)23(25)26)19(24)20-15-6-8-16(9-7-15)22-12-10-21(2)11-13-22/h3-9H,10-13H2,1-2H3,(H,20,24)/p+1. The molecule has 1 aliphatic heterocycles. The third-order valence-corrected chi connectivity index (χ3v) is 4.85. The number of nitrogens with one attached hydrogen (secondary N) is 2. The molecule has 1 fully saturated rings. The minimum absolute atomic E-state index is 0.0507. The first-order valence-electron chi connectivity index (χ1n) is 8.67. The number of amides is 1. The van der Waals surface area contributed by atoms with Crippen LogP contribution >= 0.6 is 0 Å². The monoisotopic (exact) mass is 355 g/mol. The number of nitrogens with zero attached hydrogens (tertiary/aromatic N) is 2. The van der Waals surface area contributed by atoms with Gasteiger partial charge in [0.25, 0.3) is 11.6 Å². The number of benzene rings is 2. The minimum atomic E-state index is -0.474. The third kappa shape index (κ3) is 3.83. The second kappa shape index (κ2) is 7.53. The van der Waals surface area contributed by atoms with Crippen LogP contribution in [0.2, 0.25) is 0 Å². The first kappa shape index (κ1) is 17.9. The van der Waals surface area contributed by atoms with Gasteiger partial charge in [-0.15, -0.1) is 0 Å². The summed E-state index contributed by atoms with van der Waals surface area (Å²) >= 11 is 0. The van der Waals surface area contributed by atoms with Gasteiger partial charge in [0, 0.05) is 28.6 Å². The molecule has 7 heteroatoms. The average Bonchev–Trinajstić information content (AvgIpc) is 2.63. The van der Waals surface area contributed by atoms with Crippen LogP contribution in [0.15, 0.2) is 42.5 Å². The number of hydrogen-bond donors (Lipinski definition) is 2. The maximum atomic E-state index is 12.5. The predicted molar refractivity (Wildman–Crippen MR) is 101 cm³/mol. The number of carbonyl (C=O) groups is 1. The molecule has 2 aromatic carbocycles. The highest BCUT2D eigenvalue weighted by atomic mass is 16.6. The molecule has 1 saturated heterocycles. The smallest absolute Gasteiger partial charge is 0.273 e. The molecule has 0 unspecified atom stereocenters. The number of anilines is 2. The van der Waals surface area contributed by atoms with Gasteiger partial charge in [0.05, 0.1) is 38.2 Å². The zero-order valence-corrected chi connectivity index (χ0v) is 15.0. The summed E-state index contributed by atoms with van der Waals surface area (Å²) in [6, 6.07) is 12.2. The van der Waals surface area contributed by atoms with Crippen LogP contribution in [0.4, 0.5) is 17.1 Å². The van der Waals surface area contributed by atoms with Crippen LogP contribution in [-0.2, 0) is 0 Å². The van der Waals surface area contributed by atoms with E-state index in [9.17, 15) is 14.9 Å². The lowest BCUT2D eigenvalue weighted by Gasteiger charge is -2.31. The molecule has 1 amide bonds. The van der Waals surface area contributed by atoms with Crippen LogP contribution in [0.3, 0.4) is 0 Å². The van der Waals surface area contributed by atoms with E-state index in [1.807, 2.05) is 24.3 Å². The van der Waals surface area contributed by atoms with Crippen LogP contribution in [0, 0.1) is 17.0 Å². The first-order valence-corrected chi connectivity index (χ1v) is 8.67. The number of nitro benzene ring substituents is 1. The molecule has 1 heterocycles. The molecule has 0 spiro atoms. The highest BCUT2D eigenvalue weighted by Crippen LogP contribution is 2.23. The molecular weight excluding hydrogens is 332 g/mol. The molecule has 0 saturated carbocycles. The normalized spacial score (nSPS) is 14.9. The highest BCUT2D eigenvalue weighted by Gasteiger charge is 2.19. The average molecular weight is 355 g/mol. The van der Waals surface area contributed by atoms with Crippen LogP contribution in [0.25, 0.3) is 0 Å². The van der Waals surface area contributed by atoms with E-state index >= 15 is 0 Å². The lowest BCUT2D eigenvalue weighted by molar-refractivity contribution is -0.880. The lowest BCUT2D eigenvalue weighted by atomic mass is 10.1. The number of hydrogen-bond acceptors (Lipinski definition) is 4. The summed E-state index contributed by atoms with van der Waals surface area (Å²) in [5.74, 6) is -0.345. The molecule has 1 aliphatic rings. The van der Waals surface area contributed by atoms with Crippen molar-refractivity contribution in [2.24, 2.45) is 0 Å². The Bertz CT molecular complexity index is 812. The van der Waals surface area contributed by atoms with E-state index in [4.69, 9.17) is 0 Å². The Morgan fingerprint density at radius 1 is 1.15 bits per heavy atom. The molecule has 26 heavy (non-hydrogen) atoms. The van der Waals surface area contributed by atoms with Crippen molar-refractivity contribution >= 4 is 23.0 Å². The van der Waals surface area contributed by atoms with Crippen LogP contribution in [-0.4, -0.2) is 44.1 Å². The van der Waals surface area contributed by atoms with Crippen molar-refractivity contribution in [3.8, 4) is 0 Å². The zero-order chi connectivity index (χ0) is 18.7. The van der Waals surface area contributed by atoms with Gasteiger partial charge in [-0.25, -0.2) is 0 Å². The number of nitro groups is 1. The Morgan fingerprint density at radius 2 is 1.81 bits per heavy atom. The SMILES string of the molecule is Cc1c(C(=O)Nc2ccc(N3CC[NH+](C)CC3)cc2)cccc1[N+](=O)[O-]. The molecule has 136 valence electrons. The van der Waals surface area contributed by atoms with Crippen molar-refractivity contribution in [3.63, 3.8) is 0 Å². The van der Waals surface area contributed by atoms with Gasteiger partial charge >= 0.3 is 0 Å². The van der Waals surface area contributed by atoms with Gasteiger partial charge in [0.1, 0.15) is 0 Å². The van der Waals surface area contributed by atoms with Crippen molar-refractivity contribution in [1.29, 1.82) is 0 Å². The van der Waals surface area contributed by atoms with Gasteiger partial charge in [-0.2, -0.15) is 0 Å². The Morgan fingerprint density at radius 3 is 2.42 bits per heavy atom. The van der Waals surface area contributed by atoms with Crippen molar-refractivity contribution in [1.82, 2.24) is 0 Å². The molecule has 2 N–H and O–H groups in total. The third-order valence-electron chi connectivity index (χ3n) is 4.85. The van der Waals surface area contributed by atoms with Gasteiger partial charge < -0.3 is 15.1 Å². The van der Waals surface area contributed by atoms with Gasteiger partial charge in [0.2, 0.25) is 0 Å². The Kier molecular flexibility index (Phi) is 5.18. The van der Waals surface area contributed by atoms with Crippen molar-refractivity contribution in [2.45, 2.75) is 6.92 Å². The summed E-state index contributed by atoms with van der Waals surface area (Å²) < 4.78 is 0. The molecule has 0 radical (unpaired) electrons. The van der Waals surface area contributed by atoms with E-state index in [-0.39, 0.29) is 11.6 Å². The van der Waals surface area contributed by atoms with Crippen LogP contribution in [0.1, 0.15) is 15.9 Å². The fourth-order valence-electron chi connectivity index (χ4n) is 3.17. The second-order valence-corrected chi connectivity index (χ2v) is 6.65. The van der Waals surface area contributed by atoms with Crippen LogP contribution < -0.4 is 15.1 Å². The second-order valence-electron chi connectivity index (χ2n) is 6.65. The summed E-state index contributed by atoms with van der Waals surface area (Å²) in [5.41, 5.74) is 2.44. The molecular formula is C19H23N4O3+. The van der Waals surface area contributed by atoms with Crippen molar-refractivity contribution in [3.05, 3.63) is 63.7 Å². The topological polar surface area (TPSA) is 79.9 Å². The number of piperazine rings is 1. The van der Waals surface area contributed by atoms with E-state index in [1.165, 1.54) is 17.0 Å². The number of quaternary nitrogens is 1. The largest absolute Gasteiger partial charge is 0.360 e. The first-order chi connectivity index (χ1) is 12.5. The molecule has 0 bridgehead atoms. The molecule has 0 aromatic heterocycles. The Hall–Kier alpha value is -2.93. The van der Waals surface area contributed by atoms with Crippen molar-refractivity contribution in [2.75, 3.05) is 43.4 Å². The van der Waals surface area contributed by atoms with E-state index in [0.717, 1.165) is 31.9 Å². The molecule has 0 atom stereocenters. The van der Waals surface area contributed by atoms with Gasteiger partial charge in [-0.05, 0) is 37.3 Å². The summed E-state index contributed by atoms with van der Waals surface area (Å²) in [4.78, 5) is 26.9. The van der Waals surface area contributed by atoms with E-state index in [2.05, 4.69) is 17.3 Å². The van der Waals surface area contributed by atoms with E-state index in [1.54, 1.807) is 13.0 Å². The summed E-state index contributed by atoms with van der Waals surface area (Å²) in [6.07, 6.45) is 0. The fourth-order valence-corrected chi connectivity index (χ4v) is 3.17. The molecule has 7 nitrogen and oxygen atoms in total. The highest BCUT2D eigenvalue weighted by molar-refractivity contribution is 6.05. The van der Waals surface area contributed by atoms with Crippen LogP contribution in [0.5, 0.6) is 0 Å². The minimum Gasteiger partial charge on any atom is -0.360 e. The zero-order valence-electron chi connectivity index (χ0n) is 15.0. The summed E-state index contributed by atoms with van der Waals surface area (Å²) in [5, 5.41) is 13.8. The van der Waals surface area contributed by atoms with Gasteiger partial charge in [0.15, 0.2) is 0 Å². The lowest BCUT2D eigenvalue weighted by Crippen LogP contribution is -3.12. The fraction of sp³-hybridized carbons (Fsp3) is 0.316. The Balaban J connectivity index is 1.70. The quantitative estimate of drug-likeness (QED) is 0.643. The maximum absolute atomic E-state index is 12.5. The number of likely N-dealkylation sites (N-methyl/N-ethyl adjacent to an activating group) is 1. The van der Waals surface area contributed by atoms with Gasteiger partial charge in [-0.1, -0.05) is 6.07 Å².